The molecule has 1 aliphatic rings. The lowest BCUT2D eigenvalue weighted by Crippen LogP contribution is -2.17. The lowest BCUT2D eigenvalue weighted by Gasteiger charge is -2.26. The number of hydrogen-bond acceptors (Lipinski definition) is 4. The largest absolute Gasteiger partial charge is 0.438 e. The maximum absolute atomic E-state index is 10.2. The van der Waals surface area contributed by atoms with Gasteiger partial charge >= 0.3 is 5.51 Å². The standard InChI is InChI=1S/C43H42N4.CHF3S/c1-3-46(37-22-16-32(2)17-23-37)38-26-20-34(21-27-38)41(33-18-24-36(25-19-33)45-29-9-10-30-45)42-39-14-7-8-15-40(39)47(31-11-28-44)43(42)35-12-5-4-6-13-35;2-1(3,4)5/h4-8,12-27,41H,3,9-11,29-31H2,1-2H3;5H. The van der Waals surface area contributed by atoms with E-state index in [4.69, 9.17) is 0 Å². The third-order valence-electron chi connectivity index (χ3n) is 9.69. The van der Waals surface area contributed by atoms with Crippen LogP contribution in [0.25, 0.3) is 22.2 Å². The maximum atomic E-state index is 10.2. The van der Waals surface area contributed by atoms with E-state index in [2.05, 4.69) is 174 Å². The molecule has 0 amide bonds. The van der Waals surface area contributed by atoms with Crippen LogP contribution in [0.2, 0.25) is 0 Å². The summed E-state index contributed by atoms with van der Waals surface area (Å²) >= 11 is 2.12. The van der Waals surface area contributed by atoms with Crippen LogP contribution in [0.5, 0.6) is 0 Å². The van der Waals surface area contributed by atoms with E-state index < -0.39 is 5.51 Å². The number of thiol groups is 1. The zero-order valence-corrected chi connectivity index (χ0v) is 30.4. The number of rotatable bonds is 10. The van der Waals surface area contributed by atoms with Gasteiger partial charge in [0, 0.05) is 60.1 Å². The molecular formula is C44H43F3N4S. The Kier molecular flexibility index (Phi) is 11.6. The molecule has 7 rings (SSSR count). The van der Waals surface area contributed by atoms with E-state index in [1.165, 1.54) is 74.3 Å². The maximum Gasteiger partial charge on any atom is 0.438 e. The Morgan fingerprint density at radius 1 is 0.769 bits per heavy atom. The van der Waals surface area contributed by atoms with Gasteiger partial charge < -0.3 is 14.4 Å². The molecule has 2 heterocycles. The molecule has 1 aromatic heterocycles. The van der Waals surface area contributed by atoms with Crippen LogP contribution in [0.15, 0.2) is 127 Å². The van der Waals surface area contributed by atoms with Crippen LogP contribution in [0.1, 0.15) is 54.4 Å². The van der Waals surface area contributed by atoms with Crippen molar-refractivity contribution in [1.29, 1.82) is 5.26 Å². The Bertz CT molecular complexity index is 2090. The average molecular weight is 717 g/mol. The Labute approximate surface area is 310 Å². The predicted octanol–water partition coefficient (Wildman–Crippen LogP) is 11.9. The first kappa shape index (κ1) is 36.7. The zero-order valence-electron chi connectivity index (χ0n) is 29.5. The fourth-order valence-corrected chi connectivity index (χ4v) is 7.39. The summed E-state index contributed by atoms with van der Waals surface area (Å²) in [7, 11) is 0. The van der Waals surface area contributed by atoms with E-state index in [1.807, 2.05) is 0 Å². The first-order valence-corrected chi connectivity index (χ1v) is 18.2. The molecule has 1 aliphatic heterocycles. The second-order valence-electron chi connectivity index (χ2n) is 13.1. The highest BCUT2D eigenvalue weighted by Gasteiger charge is 2.28. The Morgan fingerprint density at radius 2 is 1.31 bits per heavy atom. The van der Waals surface area contributed by atoms with Gasteiger partial charge in [-0.2, -0.15) is 18.4 Å². The molecule has 0 radical (unpaired) electrons. The number of nitrogens with zero attached hydrogens (tertiary/aromatic N) is 4. The summed E-state index contributed by atoms with van der Waals surface area (Å²) in [6, 6.07) is 49.1. The van der Waals surface area contributed by atoms with Gasteiger partial charge in [0.25, 0.3) is 0 Å². The summed E-state index contributed by atoms with van der Waals surface area (Å²) in [5.41, 5.74) is 7.99. The highest BCUT2D eigenvalue weighted by Crippen LogP contribution is 2.45. The van der Waals surface area contributed by atoms with Gasteiger partial charge in [-0.25, -0.2) is 0 Å². The van der Waals surface area contributed by atoms with Crippen LogP contribution in [0.4, 0.5) is 30.2 Å². The summed E-state index contributed by atoms with van der Waals surface area (Å²) in [6.45, 7) is 8.12. The minimum Gasteiger partial charge on any atom is -0.372 e. The van der Waals surface area contributed by atoms with Gasteiger partial charge in [0.2, 0.25) is 0 Å². The smallest absolute Gasteiger partial charge is 0.372 e. The molecule has 52 heavy (non-hydrogen) atoms. The van der Waals surface area contributed by atoms with Crippen molar-refractivity contribution >= 4 is 40.6 Å². The number of aryl methyl sites for hydroxylation is 2. The van der Waals surface area contributed by atoms with Crippen LogP contribution in [0.3, 0.4) is 0 Å². The lowest BCUT2D eigenvalue weighted by molar-refractivity contribution is -0.0303. The number of halogens is 3. The second kappa shape index (κ2) is 16.5. The van der Waals surface area contributed by atoms with Crippen LogP contribution >= 0.6 is 12.6 Å². The van der Waals surface area contributed by atoms with Gasteiger partial charge in [-0.1, -0.05) is 103 Å². The SMILES string of the molecule is CCN(c1ccc(C)cc1)c1ccc(C(c2ccc(N3CCCC3)cc2)c2c(-c3ccccc3)n(CCC#N)c3ccccc23)cc1.FC(F)(F)S. The van der Waals surface area contributed by atoms with Crippen LogP contribution < -0.4 is 9.80 Å². The Hall–Kier alpha value is -5.13. The fourth-order valence-electron chi connectivity index (χ4n) is 7.39. The van der Waals surface area contributed by atoms with E-state index in [-0.39, 0.29) is 5.92 Å². The van der Waals surface area contributed by atoms with Crippen molar-refractivity contribution in [3.05, 3.63) is 150 Å². The van der Waals surface area contributed by atoms with Crippen LogP contribution in [-0.2, 0) is 6.54 Å². The van der Waals surface area contributed by atoms with Crippen molar-refractivity contribution in [2.75, 3.05) is 29.4 Å². The third-order valence-corrected chi connectivity index (χ3v) is 9.69. The summed E-state index contributed by atoms with van der Waals surface area (Å²) < 4.78 is 33.0. The molecule has 0 bridgehead atoms. The average Bonchev–Trinajstić information content (AvgIpc) is 3.80. The number of nitriles is 1. The van der Waals surface area contributed by atoms with Gasteiger partial charge in [-0.15, -0.1) is 0 Å². The molecule has 0 aliphatic carbocycles. The molecule has 4 nitrogen and oxygen atoms in total. The summed E-state index contributed by atoms with van der Waals surface area (Å²) in [5, 5.41) is 10.9. The van der Waals surface area contributed by atoms with E-state index in [0.29, 0.717) is 13.0 Å². The van der Waals surface area contributed by atoms with Crippen LogP contribution in [0, 0.1) is 18.3 Å². The summed E-state index contributed by atoms with van der Waals surface area (Å²) in [4.78, 5) is 4.87. The van der Waals surface area contributed by atoms with Crippen LogP contribution in [-0.4, -0.2) is 29.7 Å². The number of anilines is 3. The van der Waals surface area contributed by atoms with Gasteiger partial charge in [-0.3, -0.25) is 0 Å². The molecule has 1 saturated heterocycles. The Balaban J connectivity index is 0.000000870. The van der Waals surface area contributed by atoms with E-state index in [1.54, 1.807) is 0 Å². The van der Waals surface area contributed by atoms with Crippen molar-refractivity contribution in [3.63, 3.8) is 0 Å². The molecule has 1 fully saturated rings. The minimum absolute atomic E-state index is 0.00503. The molecule has 0 N–H and O–H groups in total. The Morgan fingerprint density at radius 3 is 1.88 bits per heavy atom. The first-order chi connectivity index (χ1) is 25.2. The fraction of sp³-hybridized carbons (Fsp3) is 0.250. The topological polar surface area (TPSA) is 35.2 Å². The lowest BCUT2D eigenvalue weighted by atomic mass is 9.82. The number of fused-ring (bicyclic) bond motifs is 1. The third kappa shape index (κ3) is 8.49. The van der Waals surface area contributed by atoms with E-state index in [9.17, 15) is 18.4 Å². The number of benzene rings is 5. The summed E-state index contributed by atoms with van der Waals surface area (Å²) in [5.74, 6) is -0.00503. The molecule has 266 valence electrons. The number of para-hydroxylation sites is 1. The highest BCUT2D eigenvalue weighted by molar-refractivity contribution is 7.81. The predicted molar refractivity (Wildman–Crippen MR) is 212 cm³/mol. The molecule has 6 aromatic rings. The normalized spacial score (nSPS) is 13.4. The molecular weight excluding hydrogens is 674 g/mol. The van der Waals surface area contributed by atoms with Crippen molar-refractivity contribution in [1.82, 2.24) is 4.57 Å². The van der Waals surface area contributed by atoms with Crippen molar-refractivity contribution in [2.24, 2.45) is 0 Å². The molecule has 1 atom stereocenters. The van der Waals surface area contributed by atoms with Gasteiger partial charge in [-0.05, 0) is 91.4 Å². The number of alkyl halides is 3. The molecule has 1 unspecified atom stereocenters. The van der Waals surface area contributed by atoms with Crippen molar-refractivity contribution in [2.45, 2.75) is 51.1 Å². The number of hydrogen-bond donors (Lipinski definition) is 1. The molecule has 8 heteroatoms. The monoisotopic (exact) mass is 716 g/mol. The minimum atomic E-state index is -4.31. The number of aromatic nitrogens is 1. The first-order valence-electron chi connectivity index (χ1n) is 17.8. The molecule has 0 saturated carbocycles. The van der Waals surface area contributed by atoms with Crippen molar-refractivity contribution < 1.29 is 13.2 Å². The van der Waals surface area contributed by atoms with Crippen molar-refractivity contribution in [3.8, 4) is 17.3 Å². The van der Waals surface area contributed by atoms with Gasteiger partial charge in [0.1, 0.15) is 0 Å². The van der Waals surface area contributed by atoms with Gasteiger partial charge in [0.05, 0.1) is 18.2 Å². The second-order valence-corrected chi connectivity index (χ2v) is 13.6. The van der Waals surface area contributed by atoms with E-state index in [0.717, 1.165) is 19.6 Å². The zero-order chi connectivity index (χ0) is 36.7. The van der Waals surface area contributed by atoms with Gasteiger partial charge in [0.15, 0.2) is 0 Å². The summed E-state index contributed by atoms with van der Waals surface area (Å²) in [6.07, 6.45) is 2.97. The molecule has 0 spiro atoms. The quantitative estimate of drug-likeness (QED) is 0.143. The van der Waals surface area contributed by atoms with E-state index >= 15 is 0 Å². The highest BCUT2D eigenvalue weighted by atomic mass is 32.1. The molecule has 5 aromatic carbocycles.